The molecular weight excluding hydrogens is 316 g/mol. The van der Waals surface area contributed by atoms with Crippen molar-refractivity contribution < 1.29 is 9.59 Å². The molecule has 2 amide bonds. The first-order valence-electron chi connectivity index (χ1n) is 9.56. The molecule has 1 aliphatic carbocycles. The maximum absolute atomic E-state index is 12.9. The van der Waals surface area contributed by atoms with Crippen LogP contribution >= 0.6 is 0 Å². The minimum atomic E-state index is -0.193. The Hall–Kier alpha value is -1.85. The molecule has 1 aromatic heterocycles. The van der Waals surface area contributed by atoms with Crippen molar-refractivity contribution in [1.29, 1.82) is 0 Å². The summed E-state index contributed by atoms with van der Waals surface area (Å²) in [5, 5.41) is 7.48. The van der Waals surface area contributed by atoms with E-state index in [0.29, 0.717) is 0 Å². The topological polar surface area (TPSA) is 67.2 Å². The molecular formula is C19H30N4O2. The summed E-state index contributed by atoms with van der Waals surface area (Å²) in [6.07, 6.45) is 7.86. The summed E-state index contributed by atoms with van der Waals surface area (Å²) in [4.78, 5) is 27.7. The molecule has 6 heteroatoms. The number of carbonyl (C=O) groups excluding carboxylic acids is 2. The van der Waals surface area contributed by atoms with Gasteiger partial charge in [-0.15, -0.1) is 0 Å². The molecule has 0 unspecified atom stereocenters. The lowest BCUT2D eigenvalue weighted by Gasteiger charge is -2.33. The molecule has 1 aromatic rings. The Bertz CT molecular complexity index is 633. The van der Waals surface area contributed by atoms with Crippen molar-refractivity contribution in [3.05, 3.63) is 17.5 Å². The second-order valence-corrected chi connectivity index (χ2v) is 7.60. The normalized spacial score (nSPS) is 25.0. The van der Waals surface area contributed by atoms with Crippen LogP contribution in [0.2, 0.25) is 0 Å². The molecule has 1 N–H and O–H groups in total. The summed E-state index contributed by atoms with van der Waals surface area (Å²) < 4.78 is 1.77. The molecule has 3 atom stereocenters. The number of amides is 2. The van der Waals surface area contributed by atoms with Gasteiger partial charge in [0.1, 0.15) is 0 Å². The molecule has 0 bridgehead atoms. The quantitative estimate of drug-likeness (QED) is 0.910. The highest BCUT2D eigenvalue weighted by Crippen LogP contribution is 2.33. The van der Waals surface area contributed by atoms with Gasteiger partial charge in [0.15, 0.2) is 0 Å². The third-order valence-electron chi connectivity index (χ3n) is 5.71. The Morgan fingerprint density at radius 3 is 2.40 bits per heavy atom. The Kier molecular flexibility index (Phi) is 5.45. The minimum absolute atomic E-state index is 0.0213. The van der Waals surface area contributed by atoms with E-state index in [9.17, 15) is 9.59 Å². The number of hydrogen-bond donors (Lipinski definition) is 1. The van der Waals surface area contributed by atoms with Crippen LogP contribution in [-0.4, -0.2) is 39.6 Å². The summed E-state index contributed by atoms with van der Waals surface area (Å²) in [5.74, 6) is -0.120. The number of aromatic nitrogens is 2. The van der Waals surface area contributed by atoms with Crippen LogP contribution in [0, 0.1) is 18.8 Å². The Morgan fingerprint density at radius 1 is 1.16 bits per heavy atom. The average Bonchev–Trinajstić information content (AvgIpc) is 3.23. The van der Waals surface area contributed by atoms with Gasteiger partial charge in [0.25, 0.3) is 0 Å². The number of nitrogens with zero attached hydrogens (tertiary/aromatic N) is 3. The first kappa shape index (κ1) is 18.0. The molecule has 2 heterocycles. The lowest BCUT2D eigenvalue weighted by molar-refractivity contribution is -0.143. The van der Waals surface area contributed by atoms with E-state index in [1.54, 1.807) is 4.68 Å². The SMILES string of the molecule is Cc1nn(C)cc1[C@H](C)NC(=O)[C@H]1CCCC[C@@H]1C(=O)N1CCCC1. The van der Waals surface area contributed by atoms with Crippen LogP contribution in [0.25, 0.3) is 0 Å². The monoisotopic (exact) mass is 346 g/mol. The lowest BCUT2D eigenvalue weighted by Crippen LogP contribution is -2.45. The Balaban J connectivity index is 1.68. The van der Waals surface area contributed by atoms with Crippen molar-refractivity contribution in [2.24, 2.45) is 18.9 Å². The molecule has 6 nitrogen and oxygen atoms in total. The van der Waals surface area contributed by atoms with E-state index in [4.69, 9.17) is 0 Å². The zero-order valence-electron chi connectivity index (χ0n) is 15.6. The van der Waals surface area contributed by atoms with Crippen molar-refractivity contribution >= 4 is 11.8 Å². The predicted molar refractivity (Wildman–Crippen MR) is 95.8 cm³/mol. The molecule has 2 aliphatic rings. The number of carbonyl (C=O) groups is 2. The summed E-state index contributed by atoms with van der Waals surface area (Å²) in [6.45, 7) is 5.66. The number of aryl methyl sites for hydroxylation is 2. The van der Waals surface area contributed by atoms with Crippen LogP contribution < -0.4 is 5.32 Å². The maximum Gasteiger partial charge on any atom is 0.226 e. The summed E-state index contributed by atoms with van der Waals surface area (Å²) >= 11 is 0. The fraction of sp³-hybridized carbons (Fsp3) is 0.737. The van der Waals surface area contributed by atoms with Gasteiger partial charge in [-0.1, -0.05) is 12.8 Å². The second kappa shape index (κ2) is 7.58. The minimum Gasteiger partial charge on any atom is -0.349 e. The summed E-state index contributed by atoms with van der Waals surface area (Å²) in [7, 11) is 1.89. The van der Waals surface area contributed by atoms with Gasteiger partial charge in [-0.25, -0.2) is 0 Å². The first-order chi connectivity index (χ1) is 12.0. The molecule has 1 saturated carbocycles. The fourth-order valence-corrected chi connectivity index (χ4v) is 4.35. The van der Waals surface area contributed by atoms with Crippen LogP contribution in [0.1, 0.15) is 62.7 Å². The van der Waals surface area contributed by atoms with Crippen molar-refractivity contribution in [1.82, 2.24) is 20.0 Å². The molecule has 2 fully saturated rings. The van der Waals surface area contributed by atoms with Gasteiger partial charge in [0, 0.05) is 43.7 Å². The van der Waals surface area contributed by atoms with Gasteiger partial charge in [0.2, 0.25) is 11.8 Å². The largest absolute Gasteiger partial charge is 0.349 e. The fourth-order valence-electron chi connectivity index (χ4n) is 4.35. The highest BCUT2D eigenvalue weighted by molar-refractivity contribution is 5.88. The van der Waals surface area contributed by atoms with Crippen LogP contribution in [0.15, 0.2) is 6.20 Å². The highest BCUT2D eigenvalue weighted by Gasteiger charge is 2.38. The molecule has 0 radical (unpaired) electrons. The number of hydrogen-bond acceptors (Lipinski definition) is 3. The van der Waals surface area contributed by atoms with Crippen molar-refractivity contribution in [2.45, 2.75) is 58.4 Å². The van der Waals surface area contributed by atoms with E-state index < -0.39 is 0 Å². The predicted octanol–water partition coefficient (Wildman–Crippen LogP) is 2.33. The summed E-state index contributed by atoms with van der Waals surface area (Å²) in [5.41, 5.74) is 1.97. The molecule has 0 aromatic carbocycles. The molecule has 1 aliphatic heterocycles. The standard InChI is InChI=1S/C19H30N4O2/c1-13(17-12-22(3)21-14(17)2)20-18(24)15-8-4-5-9-16(15)19(25)23-10-6-7-11-23/h12-13,15-16H,4-11H2,1-3H3,(H,20,24)/t13-,15-,16-/m0/s1. The Morgan fingerprint density at radius 2 is 1.80 bits per heavy atom. The molecule has 25 heavy (non-hydrogen) atoms. The smallest absolute Gasteiger partial charge is 0.226 e. The van der Waals surface area contributed by atoms with E-state index in [1.807, 2.05) is 32.0 Å². The zero-order chi connectivity index (χ0) is 18.0. The van der Waals surface area contributed by atoms with E-state index >= 15 is 0 Å². The van der Waals surface area contributed by atoms with Gasteiger partial charge in [-0.3, -0.25) is 14.3 Å². The average molecular weight is 346 g/mol. The van der Waals surface area contributed by atoms with E-state index in [-0.39, 0.29) is 29.7 Å². The zero-order valence-corrected chi connectivity index (χ0v) is 15.6. The van der Waals surface area contributed by atoms with Gasteiger partial charge in [-0.05, 0) is 39.5 Å². The van der Waals surface area contributed by atoms with Crippen molar-refractivity contribution in [3.63, 3.8) is 0 Å². The van der Waals surface area contributed by atoms with Crippen LogP contribution in [-0.2, 0) is 16.6 Å². The van der Waals surface area contributed by atoms with Gasteiger partial charge < -0.3 is 10.2 Å². The highest BCUT2D eigenvalue weighted by atomic mass is 16.2. The third-order valence-corrected chi connectivity index (χ3v) is 5.71. The van der Waals surface area contributed by atoms with E-state index in [2.05, 4.69) is 10.4 Å². The van der Waals surface area contributed by atoms with Gasteiger partial charge in [0.05, 0.1) is 11.7 Å². The second-order valence-electron chi connectivity index (χ2n) is 7.60. The van der Waals surface area contributed by atoms with Crippen molar-refractivity contribution in [2.75, 3.05) is 13.1 Å². The van der Waals surface area contributed by atoms with Crippen LogP contribution in [0.5, 0.6) is 0 Å². The molecule has 138 valence electrons. The number of nitrogens with one attached hydrogen (secondary N) is 1. The molecule has 3 rings (SSSR count). The first-order valence-corrected chi connectivity index (χ1v) is 9.56. The van der Waals surface area contributed by atoms with Crippen LogP contribution in [0.3, 0.4) is 0 Å². The summed E-state index contributed by atoms with van der Waals surface area (Å²) in [6, 6.07) is -0.0920. The third kappa shape index (κ3) is 3.88. The number of likely N-dealkylation sites (tertiary alicyclic amines) is 1. The maximum atomic E-state index is 12.9. The number of rotatable bonds is 4. The Labute approximate surface area is 149 Å². The molecule has 0 spiro atoms. The van der Waals surface area contributed by atoms with Gasteiger partial charge in [-0.2, -0.15) is 5.10 Å². The van der Waals surface area contributed by atoms with E-state index in [1.165, 1.54) is 0 Å². The van der Waals surface area contributed by atoms with Crippen LogP contribution in [0.4, 0.5) is 0 Å². The lowest BCUT2D eigenvalue weighted by atomic mass is 9.77. The van der Waals surface area contributed by atoms with Crippen molar-refractivity contribution in [3.8, 4) is 0 Å². The molecule has 1 saturated heterocycles. The van der Waals surface area contributed by atoms with E-state index in [0.717, 1.165) is 62.9 Å². The van der Waals surface area contributed by atoms with Gasteiger partial charge >= 0.3 is 0 Å².